The van der Waals surface area contributed by atoms with Crippen LogP contribution in [0.5, 0.6) is 5.75 Å². The second-order valence-electron chi connectivity index (χ2n) is 11.0. The fourth-order valence-electron chi connectivity index (χ4n) is 4.80. The number of halogens is 3. The van der Waals surface area contributed by atoms with Crippen LogP contribution in [0.15, 0.2) is 103 Å². The third kappa shape index (κ3) is 12.3. The Bertz CT molecular complexity index is 1690. The molecule has 50 heavy (non-hydrogen) atoms. The van der Waals surface area contributed by atoms with E-state index in [1.54, 1.807) is 25.3 Å². The van der Waals surface area contributed by atoms with Crippen molar-refractivity contribution < 1.29 is 47.7 Å². The maximum atomic E-state index is 13.9. The first-order valence-corrected chi connectivity index (χ1v) is 15.5. The van der Waals surface area contributed by atoms with E-state index in [2.05, 4.69) is 15.6 Å². The van der Waals surface area contributed by atoms with Crippen molar-refractivity contribution in [2.24, 2.45) is 0 Å². The molecule has 5 N–H and O–H groups in total. The first-order valence-electron chi connectivity index (χ1n) is 15.5. The number of pyridine rings is 1. The minimum atomic E-state index is -5.08. The average Bonchev–Trinajstić information content (AvgIpc) is 3.09. The molecule has 4 rings (SSSR count). The molecule has 1 unspecified atom stereocenters. The summed E-state index contributed by atoms with van der Waals surface area (Å²) in [5.74, 6) is -3.79. The number of nitrogens with one attached hydrogen (secondary N) is 2. The molecule has 2 amide bonds. The highest BCUT2D eigenvalue weighted by molar-refractivity contribution is 6.00. The minimum Gasteiger partial charge on any atom is -0.508 e. The number of benzene rings is 3. The summed E-state index contributed by atoms with van der Waals surface area (Å²) in [7, 11) is 0. The highest BCUT2D eigenvalue weighted by Gasteiger charge is 2.38. The molecule has 0 bridgehead atoms. The standard InChI is InChI=1S/C34H36N4O5.C2HF3O2/c1-24(37-32(40)12-6-8-22-36-31-11-5-7-21-35-31)34(43)38(28-17-19-29(39)20-18-28)30(23-33(41)42)27-15-13-26(14-16-27)25-9-3-2-4-10-25;3-2(4,5)1(6)7/h2-5,7,9-11,13-21,24,30,39H,6,8,12,22-23H2,1H3,(H,35,36)(H,37,40)(H,41,42);(H,6,7)/t24-,30?;/m1./s1. The van der Waals surface area contributed by atoms with Crippen LogP contribution in [0, 0.1) is 0 Å². The van der Waals surface area contributed by atoms with Crippen molar-refractivity contribution in [2.45, 2.75) is 50.9 Å². The van der Waals surface area contributed by atoms with Crippen molar-refractivity contribution in [3.8, 4) is 16.9 Å². The Balaban J connectivity index is 0.000000872. The molecule has 0 radical (unpaired) electrons. The van der Waals surface area contributed by atoms with E-state index in [9.17, 15) is 37.8 Å². The molecule has 0 aliphatic rings. The second kappa shape index (κ2) is 18.6. The molecule has 0 aliphatic heterocycles. The Hall–Kier alpha value is -5.92. The van der Waals surface area contributed by atoms with Gasteiger partial charge in [0.15, 0.2) is 0 Å². The number of carboxylic acids is 2. The van der Waals surface area contributed by atoms with Crippen LogP contribution in [0.3, 0.4) is 0 Å². The lowest BCUT2D eigenvalue weighted by Crippen LogP contribution is -2.48. The van der Waals surface area contributed by atoms with Gasteiger partial charge in [0.25, 0.3) is 0 Å². The van der Waals surface area contributed by atoms with Gasteiger partial charge in [0.2, 0.25) is 11.8 Å². The highest BCUT2D eigenvalue weighted by Crippen LogP contribution is 2.33. The van der Waals surface area contributed by atoms with Crippen molar-refractivity contribution in [1.82, 2.24) is 10.3 Å². The monoisotopic (exact) mass is 694 g/mol. The van der Waals surface area contributed by atoms with E-state index in [1.807, 2.05) is 72.8 Å². The number of carbonyl (C=O) groups is 4. The SMILES string of the molecule is C[C@@H](NC(=O)CCCCNc1ccccn1)C(=O)N(c1ccc(O)cc1)C(CC(=O)O)c1ccc(-c2ccccc2)cc1.O=C(O)C(F)(F)F. The van der Waals surface area contributed by atoms with Crippen LogP contribution in [-0.2, 0) is 19.2 Å². The number of anilines is 2. The molecule has 11 nitrogen and oxygen atoms in total. The lowest BCUT2D eigenvalue weighted by molar-refractivity contribution is -0.192. The van der Waals surface area contributed by atoms with E-state index in [0.29, 0.717) is 24.2 Å². The number of unbranched alkanes of at least 4 members (excludes halogenated alkanes) is 1. The number of hydrogen-bond donors (Lipinski definition) is 5. The Morgan fingerprint density at radius 3 is 1.98 bits per heavy atom. The summed E-state index contributed by atoms with van der Waals surface area (Å²) in [5, 5.41) is 32.8. The predicted molar refractivity (Wildman–Crippen MR) is 180 cm³/mol. The molecule has 0 aliphatic carbocycles. The molecule has 2 atom stereocenters. The molecule has 0 spiro atoms. The van der Waals surface area contributed by atoms with Crippen molar-refractivity contribution >= 4 is 35.3 Å². The first kappa shape index (κ1) is 38.5. The molecule has 0 fully saturated rings. The van der Waals surface area contributed by atoms with Crippen molar-refractivity contribution in [2.75, 3.05) is 16.8 Å². The zero-order valence-electron chi connectivity index (χ0n) is 27.0. The number of aliphatic carboxylic acids is 2. The zero-order valence-corrected chi connectivity index (χ0v) is 27.0. The van der Waals surface area contributed by atoms with Gasteiger partial charge in [-0.1, -0.05) is 60.7 Å². The van der Waals surface area contributed by atoms with Gasteiger partial charge in [-0.3, -0.25) is 14.4 Å². The first-order chi connectivity index (χ1) is 23.8. The van der Waals surface area contributed by atoms with E-state index in [1.165, 1.54) is 17.0 Å². The fraction of sp³-hybridized carbons (Fsp3) is 0.250. The van der Waals surface area contributed by atoms with E-state index in [0.717, 1.165) is 23.4 Å². The van der Waals surface area contributed by atoms with Gasteiger partial charge in [0.1, 0.15) is 17.6 Å². The number of carboxylic acid groups (broad SMARTS) is 2. The predicted octanol–water partition coefficient (Wildman–Crippen LogP) is 6.42. The smallest absolute Gasteiger partial charge is 0.490 e. The number of rotatable bonds is 14. The molecule has 0 saturated heterocycles. The van der Waals surface area contributed by atoms with Crippen LogP contribution >= 0.6 is 0 Å². The number of aromatic hydroxyl groups is 1. The number of nitrogens with zero attached hydrogens (tertiary/aromatic N) is 2. The van der Waals surface area contributed by atoms with Crippen LogP contribution in [0.1, 0.15) is 44.2 Å². The van der Waals surface area contributed by atoms with E-state index >= 15 is 0 Å². The Morgan fingerprint density at radius 2 is 1.42 bits per heavy atom. The number of aromatic nitrogens is 1. The van der Waals surface area contributed by atoms with Crippen molar-refractivity contribution in [3.05, 3.63) is 109 Å². The molecule has 14 heteroatoms. The molecule has 264 valence electrons. The summed E-state index contributed by atoms with van der Waals surface area (Å²) in [4.78, 5) is 53.2. The summed E-state index contributed by atoms with van der Waals surface area (Å²) in [5.41, 5.74) is 3.00. The molecular weight excluding hydrogens is 657 g/mol. The topological polar surface area (TPSA) is 169 Å². The third-order valence-corrected chi connectivity index (χ3v) is 7.24. The van der Waals surface area contributed by atoms with Gasteiger partial charge in [0.05, 0.1) is 12.5 Å². The molecule has 1 heterocycles. The Labute approximate surface area is 286 Å². The second-order valence-corrected chi connectivity index (χ2v) is 11.0. The maximum Gasteiger partial charge on any atom is 0.490 e. The van der Waals surface area contributed by atoms with Crippen LogP contribution in [0.2, 0.25) is 0 Å². The molecule has 1 aromatic heterocycles. The van der Waals surface area contributed by atoms with Crippen molar-refractivity contribution in [3.63, 3.8) is 0 Å². The van der Waals surface area contributed by atoms with Gasteiger partial charge in [0, 0.05) is 24.8 Å². The maximum absolute atomic E-state index is 13.9. The van der Waals surface area contributed by atoms with Crippen LogP contribution in [0.4, 0.5) is 24.7 Å². The van der Waals surface area contributed by atoms with Gasteiger partial charge in [-0.15, -0.1) is 0 Å². The van der Waals surface area contributed by atoms with E-state index in [4.69, 9.17) is 9.90 Å². The quantitative estimate of drug-likeness (QED) is 0.0935. The largest absolute Gasteiger partial charge is 0.508 e. The van der Waals surface area contributed by atoms with Gasteiger partial charge in [-0.25, -0.2) is 9.78 Å². The Morgan fingerprint density at radius 1 is 0.820 bits per heavy atom. The van der Waals surface area contributed by atoms with Gasteiger partial charge in [-0.05, 0) is 72.9 Å². The van der Waals surface area contributed by atoms with Crippen molar-refractivity contribution in [1.29, 1.82) is 0 Å². The number of alkyl halides is 3. The van der Waals surface area contributed by atoms with E-state index < -0.39 is 36.1 Å². The summed E-state index contributed by atoms with van der Waals surface area (Å²) in [6, 6.07) is 27.0. The Kier molecular flexibility index (Phi) is 14.3. The minimum absolute atomic E-state index is 0.0111. The number of phenols is 1. The number of phenolic OH excluding ortho intramolecular Hbond substituents is 1. The molecule has 3 aromatic carbocycles. The third-order valence-electron chi connectivity index (χ3n) is 7.24. The number of amides is 2. The van der Waals surface area contributed by atoms with Crippen LogP contribution < -0.4 is 15.5 Å². The van der Waals surface area contributed by atoms with Crippen LogP contribution in [0.25, 0.3) is 11.1 Å². The van der Waals surface area contributed by atoms with Crippen LogP contribution in [-0.4, -0.2) is 62.8 Å². The molecule has 0 saturated carbocycles. The molecule has 4 aromatic rings. The van der Waals surface area contributed by atoms with Gasteiger partial charge in [-0.2, -0.15) is 13.2 Å². The normalized spacial score (nSPS) is 12.0. The summed E-state index contributed by atoms with van der Waals surface area (Å²) in [6.07, 6.45) is -2.15. The highest BCUT2D eigenvalue weighted by atomic mass is 19.4. The van der Waals surface area contributed by atoms with Gasteiger partial charge >= 0.3 is 18.1 Å². The average molecular weight is 695 g/mol. The van der Waals surface area contributed by atoms with Gasteiger partial charge < -0.3 is 30.9 Å². The fourth-order valence-corrected chi connectivity index (χ4v) is 4.80. The summed E-state index contributed by atoms with van der Waals surface area (Å²) in [6.45, 7) is 2.25. The number of carbonyl (C=O) groups excluding carboxylic acids is 2. The molecular formula is C36H37F3N4O7. The summed E-state index contributed by atoms with van der Waals surface area (Å²) >= 11 is 0. The number of hydrogen-bond acceptors (Lipinski definition) is 7. The lowest BCUT2D eigenvalue weighted by atomic mass is 9.97. The summed E-state index contributed by atoms with van der Waals surface area (Å²) < 4.78 is 31.7. The lowest BCUT2D eigenvalue weighted by Gasteiger charge is -2.34. The zero-order chi connectivity index (χ0) is 36.7. The van der Waals surface area contributed by atoms with E-state index in [-0.39, 0.29) is 24.5 Å².